The van der Waals surface area contributed by atoms with E-state index in [4.69, 9.17) is 0 Å². The minimum absolute atomic E-state index is 0.0531. The van der Waals surface area contributed by atoms with Crippen LogP contribution in [-0.4, -0.2) is 12.5 Å². The largest absolute Gasteiger partial charge is 0.352 e. The predicted octanol–water partition coefficient (Wildman–Crippen LogP) is 3.10. The number of rotatable bonds is 2. The van der Waals surface area contributed by atoms with Crippen molar-refractivity contribution in [2.75, 3.05) is 6.54 Å². The summed E-state index contributed by atoms with van der Waals surface area (Å²) in [7, 11) is 0. The van der Waals surface area contributed by atoms with Gasteiger partial charge in [-0.15, -0.1) is 0 Å². The molecule has 0 radical (unpaired) electrons. The van der Waals surface area contributed by atoms with E-state index in [9.17, 15) is 4.79 Å². The maximum atomic E-state index is 11.8. The van der Waals surface area contributed by atoms with Gasteiger partial charge in [-0.2, -0.15) is 0 Å². The minimum Gasteiger partial charge on any atom is -0.352 e. The van der Waals surface area contributed by atoms with Gasteiger partial charge < -0.3 is 5.32 Å². The molecule has 1 aromatic carbocycles. The van der Waals surface area contributed by atoms with Crippen molar-refractivity contribution in [2.24, 2.45) is 0 Å². The fourth-order valence-electron chi connectivity index (χ4n) is 2.49. The van der Waals surface area contributed by atoms with Gasteiger partial charge in [0, 0.05) is 12.1 Å². The molecule has 2 heteroatoms. The maximum Gasteiger partial charge on any atom is 0.251 e. The number of nitrogens with one attached hydrogen (secondary N) is 1. The molecule has 0 fully saturated rings. The molecule has 1 amide bonds. The Morgan fingerprint density at radius 3 is 2.53 bits per heavy atom. The first kappa shape index (κ1) is 12.2. The lowest BCUT2D eigenvalue weighted by molar-refractivity contribution is 0.0955. The Labute approximate surface area is 103 Å². The quantitative estimate of drug-likeness (QED) is 0.832. The lowest BCUT2D eigenvalue weighted by atomic mass is 9.92. The van der Waals surface area contributed by atoms with Crippen molar-refractivity contribution in [1.82, 2.24) is 5.32 Å². The van der Waals surface area contributed by atoms with Gasteiger partial charge in [-0.3, -0.25) is 4.79 Å². The van der Waals surface area contributed by atoms with Crippen molar-refractivity contribution in [3.05, 3.63) is 34.9 Å². The molecule has 0 atom stereocenters. The van der Waals surface area contributed by atoms with Gasteiger partial charge in [0.15, 0.2) is 0 Å². The lowest BCUT2D eigenvalue weighted by Crippen LogP contribution is -2.22. The van der Waals surface area contributed by atoms with Crippen molar-refractivity contribution in [3.63, 3.8) is 0 Å². The van der Waals surface area contributed by atoms with E-state index in [1.165, 1.54) is 43.2 Å². The fraction of sp³-hybridized carbons (Fsp3) is 0.533. The molecule has 0 heterocycles. The molecular formula is C15H21NO. The van der Waals surface area contributed by atoms with Gasteiger partial charge in [0.1, 0.15) is 0 Å². The summed E-state index contributed by atoms with van der Waals surface area (Å²) in [4.78, 5) is 11.8. The molecule has 0 saturated carbocycles. The summed E-state index contributed by atoms with van der Waals surface area (Å²) >= 11 is 0. The first-order valence-corrected chi connectivity index (χ1v) is 6.71. The normalized spacial score (nSPS) is 15.6. The Kier molecular flexibility index (Phi) is 4.18. The average molecular weight is 231 g/mol. The molecule has 2 nitrogen and oxygen atoms in total. The number of carbonyl (C=O) groups excluding carboxylic acids is 1. The van der Waals surface area contributed by atoms with Crippen LogP contribution in [0.4, 0.5) is 0 Å². The van der Waals surface area contributed by atoms with Gasteiger partial charge in [0.05, 0.1) is 0 Å². The zero-order chi connectivity index (χ0) is 12.1. The monoisotopic (exact) mass is 231 g/mol. The summed E-state index contributed by atoms with van der Waals surface area (Å²) in [6.07, 6.45) is 7.51. The average Bonchev–Trinajstić information content (AvgIpc) is 2.30. The number of amides is 1. The van der Waals surface area contributed by atoms with Crippen LogP contribution in [0.25, 0.3) is 0 Å². The molecule has 1 aliphatic rings. The number of aryl methyl sites for hydroxylation is 2. The van der Waals surface area contributed by atoms with Gasteiger partial charge in [-0.1, -0.05) is 18.9 Å². The number of hydrogen-bond donors (Lipinski definition) is 1. The molecule has 92 valence electrons. The highest BCUT2D eigenvalue weighted by Crippen LogP contribution is 2.21. The summed E-state index contributed by atoms with van der Waals surface area (Å²) in [5, 5.41) is 2.86. The fourth-order valence-corrected chi connectivity index (χ4v) is 2.49. The lowest BCUT2D eigenvalue weighted by Gasteiger charge is -2.14. The van der Waals surface area contributed by atoms with Crippen LogP contribution >= 0.6 is 0 Å². The van der Waals surface area contributed by atoms with E-state index in [2.05, 4.69) is 17.4 Å². The molecule has 0 spiro atoms. The molecular weight excluding hydrogens is 210 g/mol. The van der Waals surface area contributed by atoms with Gasteiger partial charge in [0.2, 0.25) is 0 Å². The summed E-state index contributed by atoms with van der Waals surface area (Å²) in [6.45, 7) is 2.64. The van der Waals surface area contributed by atoms with E-state index in [0.717, 1.165) is 12.0 Å². The van der Waals surface area contributed by atoms with Gasteiger partial charge >= 0.3 is 0 Å². The molecule has 0 aliphatic heterocycles. The Balaban J connectivity index is 2.21. The van der Waals surface area contributed by atoms with E-state index in [1.807, 2.05) is 13.0 Å². The smallest absolute Gasteiger partial charge is 0.251 e. The molecule has 0 aromatic heterocycles. The highest BCUT2D eigenvalue weighted by molar-refractivity contribution is 5.94. The molecule has 1 aliphatic carbocycles. The standard InChI is InChI=1S/C15H21NO/c1-2-16-15(17)14-10-9-12-7-5-3-4-6-8-13(12)11-14/h9-11H,2-8H2,1H3,(H,16,17). The highest BCUT2D eigenvalue weighted by Gasteiger charge is 2.10. The Bertz CT molecular complexity index is 398. The zero-order valence-electron chi connectivity index (χ0n) is 10.6. The Morgan fingerprint density at radius 1 is 1.12 bits per heavy atom. The molecule has 1 aromatic rings. The molecule has 17 heavy (non-hydrogen) atoms. The van der Waals surface area contributed by atoms with Crippen molar-refractivity contribution in [2.45, 2.75) is 45.4 Å². The predicted molar refractivity (Wildman–Crippen MR) is 70.3 cm³/mol. The number of carbonyl (C=O) groups is 1. The second-order valence-corrected chi connectivity index (χ2v) is 4.76. The van der Waals surface area contributed by atoms with Gasteiger partial charge in [-0.25, -0.2) is 0 Å². The molecule has 2 rings (SSSR count). The highest BCUT2D eigenvalue weighted by atomic mass is 16.1. The number of benzene rings is 1. The van der Waals surface area contributed by atoms with Gasteiger partial charge in [-0.05, 0) is 55.9 Å². The number of hydrogen-bond acceptors (Lipinski definition) is 1. The third-order valence-corrected chi connectivity index (χ3v) is 3.45. The topological polar surface area (TPSA) is 29.1 Å². The molecule has 0 unspecified atom stereocenters. The van der Waals surface area contributed by atoms with Crippen LogP contribution in [0.3, 0.4) is 0 Å². The second kappa shape index (κ2) is 5.85. The van der Waals surface area contributed by atoms with Crippen LogP contribution in [0.2, 0.25) is 0 Å². The number of fused-ring (bicyclic) bond motifs is 1. The van der Waals surface area contributed by atoms with Crippen LogP contribution < -0.4 is 5.32 Å². The SMILES string of the molecule is CCNC(=O)c1ccc2c(c1)CCCCCC2. The van der Waals surface area contributed by atoms with Crippen molar-refractivity contribution >= 4 is 5.91 Å². The summed E-state index contributed by atoms with van der Waals surface area (Å²) in [6, 6.07) is 6.20. The first-order valence-electron chi connectivity index (χ1n) is 6.71. The minimum atomic E-state index is 0.0531. The molecule has 0 bridgehead atoms. The van der Waals surface area contributed by atoms with Crippen LogP contribution in [-0.2, 0) is 12.8 Å². The van der Waals surface area contributed by atoms with E-state index in [-0.39, 0.29) is 5.91 Å². The molecule has 0 saturated heterocycles. The van der Waals surface area contributed by atoms with Crippen molar-refractivity contribution in [1.29, 1.82) is 0 Å². The zero-order valence-corrected chi connectivity index (χ0v) is 10.6. The van der Waals surface area contributed by atoms with E-state index < -0.39 is 0 Å². The summed E-state index contributed by atoms with van der Waals surface area (Å²) < 4.78 is 0. The van der Waals surface area contributed by atoms with Crippen molar-refractivity contribution < 1.29 is 4.79 Å². The van der Waals surface area contributed by atoms with Crippen LogP contribution in [0.15, 0.2) is 18.2 Å². The Morgan fingerprint density at radius 2 is 1.82 bits per heavy atom. The van der Waals surface area contributed by atoms with Crippen LogP contribution in [0.1, 0.15) is 54.1 Å². The van der Waals surface area contributed by atoms with Crippen LogP contribution in [0.5, 0.6) is 0 Å². The summed E-state index contributed by atoms with van der Waals surface area (Å²) in [5.74, 6) is 0.0531. The van der Waals surface area contributed by atoms with Crippen molar-refractivity contribution in [3.8, 4) is 0 Å². The summed E-state index contributed by atoms with van der Waals surface area (Å²) in [5.41, 5.74) is 3.64. The third-order valence-electron chi connectivity index (χ3n) is 3.45. The first-order chi connectivity index (χ1) is 8.31. The third kappa shape index (κ3) is 3.09. The van der Waals surface area contributed by atoms with Gasteiger partial charge in [0.25, 0.3) is 5.91 Å². The van der Waals surface area contributed by atoms with E-state index in [1.54, 1.807) is 0 Å². The van der Waals surface area contributed by atoms with E-state index >= 15 is 0 Å². The Hall–Kier alpha value is -1.31. The van der Waals surface area contributed by atoms with E-state index in [0.29, 0.717) is 6.54 Å². The molecule has 1 N–H and O–H groups in total. The maximum absolute atomic E-state index is 11.8. The van der Waals surface area contributed by atoms with Crippen LogP contribution in [0, 0.1) is 0 Å². The second-order valence-electron chi connectivity index (χ2n) is 4.76.